The summed E-state index contributed by atoms with van der Waals surface area (Å²) in [4.78, 5) is 17.7. The molecule has 0 radical (unpaired) electrons. The Bertz CT molecular complexity index is 692. The fourth-order valence-electron chi connectivity index (χ4n) is 1.32. The second-order valence-corrected chi connectivity index (χ2v) is 4.02. The smallest absolute Gasteiger partial charge is 0.322 e. The summed E-state index contributed by atoms with van der Waals surface area (Å²) in [5.74, 6) is -0.0648. The predicted molar refractivity (Wildman–Crippen MR) is 71.2 cm³/mol. The van der Waals surface area contributed by atoms with Gasteiger partial charge in [0.25, 0.3) is 5.69 Å². The molecule has 0 amide bonds. The van der Waals surface area contributed by atoms with Gasteiger partial charge in [-0.25, -0.2) is 4.98 Å². The number of ether oxygens (including phenoxy) is 1. The Labute approximate surface area is 117 Å². The fourth-order valence-corrected chi connectivity index (χ4v) is 1.54. The third-order valence-electron chi connectivity index (χ3n) is 2.24. The van der Waals surface area contributed by atoms with E-state index in [2.05, 4.69) is 9.97 Å². The molecule has 0 fully saturated rings. The largest absolute Gasteiger partial charge is 0.423 e. The summed E-state index contributed by atoms with van der Waals surface area (Å²) < 4.78 is 5.31. The number of hydrogen-bond donors (Lipinski definition) is 2. The highest BCUT2D eigenvalue weighted by Crippen LogP contribution is 2.31. The normalized spacial score (nSPS) is 10.1. The van der Waals surface area contributed by atoms with E-state index in [4.69, 9.17) is 27.5 Å². The lowest BCUT2D eigenvalue weighted by atomic mass is 10.3. The molecule has 1 aromatic carbocycles. The van der Waals surface area contributed by atoms with Crippen LogP contribution in [-0.4, -0.2) is 20.7 Å². The maximum Gasteiger partial charge on any atom is 0.322 e. The van der Waals surface area contributed by atoms with Gasteiger partial charge in [-0.3, -0.25) is 15.5 Å². The maximum absolute atomic E-state index is 10.6. The number of nitrogens with zero attached hydrogens (tertiary/aromatic N) is 3. The summed E-state index contributed by atoms with van der Waals surface area (Å²) in [5, 5.41) is 17.9. The molecule has 20 heavy (non-hydrogen) atoms. The van der Waals surface area contributed by atoms with E-state index in [1.807, 2.05) is 0 Å². The van der Waals surface area contributed by atoms with Crippen LogP contribution < -0.4 is 10.5 Å². The topological polar surface area (TPSA) is 128 Å². The molecule has 1 aromatic heterocycles. The second-order valence-electron chi connectivity index (χ2n) is 3.61. The van der Waals surface area contributed by atoms with Crippen LogP contribution in [0.15, 0.2) is 30.5 Å². The lowest BCUT2D eigenvalue weighted by molar-refractivity contribution is -0.384. The van der Waals surface area contributed by atoms with Gasteiger partial charge in [0, 0.05) is 18.3 Å². The van der Waals surface area contributed by atoms with Gasteiger partial charge in [-0.05, 0) is 12.1 Å². The third-order valence-corrected chi connectivity index (χ3v) is 2.53. The fraction of sp³-hybridized carbons (Fsp3) is 0. The summed E-state index contributed by atoms with van der Waals surface area (Å²) in [7, 11) is 0. The van der Waals surface area contributed by atoms with Crippen LogP contribution >= 0.6 is 11.6 Å². The van der Waals surface area contributed by atoms with Crippen molar-refractivity contribution in [1.82, 2.24) is 9.97 Å². The average Bonchev–Trinajstić information content (AvgIpc) is 2.41. The first-order chi connectivity index (χ1) is 9.47. The number of nitrogens with two attached hydrogens (primary N) is 1. The number of amidine groups is 1. The van der Waals surface area contributed by atoms with Gasteiger partial charge in [-0.15, -0.1) is 0 Å². The molecule has 0 aliphatic heterocycles. The van der Waals surface area contributed by atoms with Gasteiger partial charge in [0.1, 0.15) is 17.3 Å². The number of halogens is 1. The van der Waals surface area contributed by atoms with Gasteiger partial charge >= 0.3 is 6.01 Å². The van der Waals surface area contributed by atoms with Crippen LogP contribution in [0.5, 0.6) is 11.8 Å². The van der Waals surface area contributed by atoms with E-state index in [0.29, 0.717) is 0 Å². The third kappa shape index (κ3) is 2.98. The van der Waals surface area contributed by atoms with Gasteiger partial charge in [-0.2, -0.15) is 4.98 Å². The van der Waals surface area contributed by atoms with Crippen LogP contribution in [0.4, 0.5) is 5.69 Å². The lowest BCUT2D eigenvalue weighted by Crippen LogP contribution is -2.13. The number of nitro benzene ring substituents is 1. The van der Waals surface area contributed by atoms with Crippen molar-refractivity contribution in [3.8, 4) is 11.8 Å². The molecule has 1 heterocycles. The quantitative estimate of drug-likeness (QED) is 0.384. The average molecular weight is 294 g/mol. The highest BCUT2D eigenvalue weighted by atomic mass is 35.5. The summed E-state index contributed by atoms with van der Waals surface area (Å²) in [5.41, 5.74) is 5.35. The maximum atomic E-state index is 10.6. The van der Waals surface area contributed by atoms with E-state index >= 15 is 0 Å². The molecule has 0 saturated carbocycles. The SMILES string of the molecule is N=C(N)c1ccnc(Oc2ccc([N+](=O)[O-])cc2Cl)n1. The Kier molecular flexibility index (Phi) is 3.76. The first kappa shape index (κ1) is 13.7. The van der Waals surface area contributed by atoms with Crippen molar-refractivity contribution in [3.05, 3.63) is 51.3 Å². The number of benzene rings is 1. The van der Waals surface area contributed by atoms with E-state index in [1.165, 1.54) is 24.4 Å². The minimum absolute atomic E-state index is 0.0519. The molecule has 0 unspecified atom stereocenters. The van der Waals surface area contributed by atoms with Crippen LogP contribution in [0.3, 0.4) is 0 Å². The number of nitro groups is 1. The second kappa shape index (κ2) is 5.49. The molecule has 0 aliphatic rings. The van der Waals surface area contributed by atoms with Crippen molar-refractivity contribution in [2.45, 2.75) is 0 Å². The van der Waals surface area contributed by atoms with Gasteiger partial charge in [-0.1, -0.05) is 11.6 Å². The van der Waals surface area contributed by atoms with Crippen molar-refractivity contribution in [2.24, 2.45) is 5.73 Å². The van der Waals surface area contributed by atoms with Crippen molar-refractivity contribution in [1.29, 1.82) is 5.41 Å². The van der Waals surface area contributed by atoms with Gasteiger partial charge < -0.3 is 10.5 Å². The van der Waals surface area contributed by atoms with E-state index in [0.717, 1.165) is 6.07 Å². The monoisotopic (exact) mass is 293 g/mol. The van der Waals surface area contributed by atoms with Gasteiger partial charge in [0.2, 0.25) is 0 Å². The highest BCUT2D eigenvalue weighted by molar-refractivity contribution is 6.32. The molecule has 0 bridgehead atoms. The minimum atomic E-state index is -0.567. The number of hydrogen-bond acceptors (Lipinski definition) is 6. The lowest BCUT2D eigenvalue weighted by Gasteiger charge is -2.06. The highest BCUT2D eigenvalue weighted by Gasteiger charge is 2.12. The number of rotatable bonds is 4. The van der Waals surface area contributed by atoms with Gasteiger partial charge in [0.15, 0.2) is 0 Å². The molecule has 9 heteroatoms. The van der Waals surface area contributed by atoms with Crippen molar-refractivity contribution in [2.75, 3.05) is 0 Å². The standard InChI is InChI=1S/C11H8ClN5O3/c12-7-5-6(17(18)19)1-2-9(7)20-11-15-4-3-8(16-11)10(13)14/h1-5H,(H3,13,14). The number of aromatic nitrogens is 2. The zero-order chi connectivity index (χ0) is 14.7. The molecule has 2 rings (SSSR count). The molecule has 0 atom stereocenters. The number of nitrogens with one attached hydrogen (secondary N) is 1. The molecule has 2 aromatic rings. The summed E-state index contributed by atoms with van der Waals surface area (Å²) in [6.07, 6.45) is 1.37. The van der Waals surface area contributed by atoms with E-state index < -0.39 is 4.92 Å². The van der Waals surface area contributed by atoms with Crippen LogP contribution in [0.2, 0.25) is 5.02 Å². The van der Waals surface area contributed by atoms with Crippen LogP contribution in [-0.2, 0) is 0 Å². The van der Waals surface area contributed by atoms with Crippen LogP contribution in [0.1, 0.15) is 5.69 Å². The molecular formula is C11H8ClN5O3. The van der Waals surface area contributed by atoms with Crippen LogP contribution in [0, 0.1) is 15.5 Å². The first-order valence-corrected chi connectivity index (χ1v) is 5.64. The zero-order valence-corrected chi connectivity index (χ0v) is 10.7. The molecule has 8 nitrogen and oxygen atoms in total. The van der Waals surface area contributed by atoms with Crippen LogP contribution in [0.25, 0.3) is 0 Å². The van der Waals surface area contributed by atoms with Crippen molar-refractivity contribution >= 4 is 23.1 Å². The van der Waals surface area contributed by atoms with Crippen molar-refractivity contribution < 1.29 is 9.66 Å². The molecule has 0 spiro atoms. The molecule has 0 saturated heterocycles. The summed E-state index contributed by atoms with van der Waals surface area (Å²) in [6.45, 7) is 0. The summed E-state index contributed by atoms with van der Waals surface area (Å²) >= 11 is 5.87. The minimum Gasteiger partial charge on any atom is -0.423 e. The molecule has 0 aliphatic carbocycles. The van der Waals surface area contributed by atoms with E-state index in [-0.39, 0.29) is 34.0 Å². The number of nitrogen functional groups attached to an aromatic ring is 1. The molecule has 3 N–H and O–H groups in total. The molecule has 102 valence electrons. The van der Waals surface area contributed by atoms with E-state index in [9.17, 15) is 10.1 Å². The first-order valence-electron chi connectivity index (χ1n) is 5.26. The Hall–Kier alpha value is -2.74. The Balaban J connectivity index is 2.28. The van der Waals surface area contributed by atoms with Crippen molar-refractivity contribution in [3.63, 3.8) is 0 Å². The summed E-state index contributed by atoms with van der Waals surface area (Å²) in [6, 6.07) is 5.13. The Morgan fingerprint density at radius 1 is 1.45 bits per heavy atom. The Morgan fingerprint density at radius 3 is 2.80 bits per heavy atom. The zero-order valence-electron chi connectivity index (χ0n) is 9.91. The van der Waals surface area contributed by atoms with Gasteiger partial charge in [0.05, 0.1) is 9.95 Å². The predicted octanol–water partition coefficient (Wildman–Crippen LogP) is 2.11. The molecular weight excluding hydrogens is 286 g/mol. The Morgan fingerprint density at radius 2 is 2.20 bits per heavy atom. The number of non-ortho nitro benzene ring substituents is 1. The van der Waals surface area contributed by atoms with E-state index in [1.54, 1.807) is 0 Å².